The first-order valence-electron chi connectivity index (χ1n) is 7.53. The summed E-state index contributed by atoms with van der Waals surface area (Å²) in [6.45, 7) is 5.45. The van der Waals surface area contributed by atoms with E-state index in [2.05, 4.69) is 19.9 Å². The van der Waals surface area contributed by atoms with Crippen LogP contribution in [0.15, 0.2) is 24.3 Å². The fraction of sp³-hybridized carbons (Fsp3) is 0.647. The maximum Gasteiger partial charge on any atom is 0.122 e. The summed E-state index contributed by atoms with van der Waals surface area (Å²) >= 11 is 0. The van der Waals surface area contributed by atoms with Crippen LogP contribution in [0.3, 0.4) is 0 Å². The van der Waals surface area contributed by atoms with Crippen molar-refractivity contribution < 1.29 is 9.84 Å². The zero-order valence-electron chi connectivity index (χ0n) is 12.5. The molecular weight excluding hydrogens is 250 g/mol. The number of rotatable bonds is 2. The Morgan fingerprint density at radius 1 is 1.25 bits per heavy atom. The second-order valence-electron chi connectivity index (χ2n) is 7.43. The van der Waals surface area contributed by atoms with E-state index in [0.29, 0.717) is 13.2 Å². The van der Waals surface area contributed by atoms with E-state index >= 15 is 0 Å². The summed E-state index contributed by atoms with van der Waals surface area (Å²) in [5.74, 6) is 0.942. The molecule has 1 aromatic rings. The highest BCUT2D eigenvalue weighted by Gasteiger charge is 2.56. The van der Waals surface area contributed by atoms with Crippen LogP contribution in [-0.2, 0) is 6.42 Å². The van der Waals surface area contributed by atoms with Gasteiger partial charge in [0.2, 0.25) is 0 Å². The van der Waals surface area contributed by atoms with Crippen molar-refractivity contribution in [2.45, 2.75) is 45.1 Å². The van der Waals surface area contributed by atoms with Crippen LogP contribution in [0.5, 0.6) is 5.75 Å². The summed E-state index contributed by atoms with van der Waals surface area (Å²) in [5.41, 5.74) is 6.40. The Bertz CT molecular complexity index is 513. The molecule has 0 bridgehead atoms. The van der Waals surface area contributed by atoms with E-state index in [0.717, 1.165) is 31.4 Å². The number of aliphatic hydroxyl groups is 1. The molecule has 1 aromatic carbocycles. The average Bonchev–Trinajstić information content (AvgIpc) is 2.73. The largest absolute Gasteiger partial charge is 0.493 e. The average molecular weight is 275 g/mol. The predicted octanol–water partition coefficient (Wildman–Crippen LogP) is 2.51. The molecule has 1 saturated carbocycles. The molecule has 3 heteroatoms. The van der Waals surface area contributed by atoms with E-state index in [1.54, 1.807) is 0 Å². The number of benzene rings is 1. The van der Waals surface area contributed by atoms with Crippen molar-refractivity contribution in [1.82, 2.24) is 0 Å². The normalized spacial score (nSPS) is 35.4. The van der Waals surface area contributed by atoms with Gasteiger partial charge in [0.05, 0.1) is 12.2 Å². The maximum atomic E-state index is 11.3. The first-order chi connectivity index (χ1) is 9.40. The monoisotopic (exact) mass is 275 g/mol. The van der Waals surface area contributed by atoms with Crippen LogP contribution in [0.2, 0.25) is 0 Å². The van der Waals surface area contributed by atoms with Crippen molar-refractivity contribution >= 4 is 0 Å². The molecule has 1 aliphatic carbocycles. The SMILES string of the molecule is CC1(C)CCC(O)(C2(CN)COc3ccccc3C2)C1. The maximum absolute atomic E-state index is 11.3. The number of para-hydroxylation sites is 1. The zero-order chi connectivity index (χ0) is 14.4. The Kier molecular flexibility index (Phi) is 3.11. The van der Waals surface area contributed by atoms with Gasteiger partial charge >= 0.3 is 0 Å². The van der Waals surface area contributed by atoms with E-state index in [-0.39, 0.29) is 10.8 Å². The summed E-state index contributed by atoms with van der Waals surface area (Å²) in [7, 11) is 0. The number of fused-ring (bicyclic) bond motifs is 1. The third kappa shape index (κ3) is 2.04. The number of hydrogen-bond acceptors (Lipinski definition) is 3. The van der Waals surface area contributed by atoms with Crippen LogP contribution in [0.25, 0.3) is 0 Å². The van der Waals surface area contributed by atoms with E-state index in [1.807, 2.05) is 18.2 Å². The van der Waals surface area contributed by atoms with Crippen molar-refractivity contribution in [2.75, 3.05) is 13.2 Å². The Morgan fingerprint density at radius 3 is 2.65 bits per heavy atom. The molecule has 0 spiro atoms. The standard InChI is InChI=1S/C17H25NO2/c1-15(2)7-8-17(19,10-15)16(11-18)9-13-5-3-4-6-14(13)20-12-16/h3-6,19H,7-12,18H2,1-2H3. The Labute approximate surface area is 121 Å². The molecule has 20 heavy (non-hydrogen) atoms. The van der Waals surface area contributed by atoms with E-state index in [1.165, 1.54) is 5.56 Å². The second kappa shape index (κ2) is 4.47. The molecule has 1 aliphatic heterocycles. The fourth-order valence-electron chi connectivity index (χ4n) is 4.01. The Morgan fingerprint density at radius 2 is 2.00 bits per heavy atom. The molecule has 0 aromatic heterocycles. The van der Waals surface area contributed by atoms with Gasteiger partial charge in [0.25, 0.3) is 0 Å². The molecule has 2 aliphatic rings. The highest BCUT2D eigenvalue weighted by Crippen LogP contribution is 2.54. The predicted molar refractivity (Wildman–Crippen MR) is 79.7 cm³/mol. The van der Waals surface area contributed by atoms with Gasteiger partial charge in [-0.3, -0.25) is 0 Å². The van der Waals surface area contributed by atoms with Crippen molar-refractivity contribution in [2.24, 2.45) is 16.6 Å². The molecule has 0 amide bonds. The molecule has 2 unspecified atom stereocenters. The molecular formula is C17H25NO2. The van der Waals surface area contributed by atoms with Gasteiger partial charge in [-0.2, -0.15) is 0 Å². The third-order valence-corrected chi connectivity index (χ3v) is 5.37. The summed E-state index contributed by atoms with van der Waals surface area (Å²) in [6.07, 6.45) is 3.49. The number of hydrogen-bond donors (Lipinski definition) is 2. The third-order valence-electron chi connectivity index (χ3n) is 5.37. The molecule has 3 N–H and O–H groups in total. The summed E-state index contributed by atoms with van der Waals surface area (Å²) < 4.78 is 5.94. The molecule has 2 atom stereocenters. The summed E-state index contributed by atoms with van der Waals surface area (Å²) in [4.78, 5) is 0. The topological polar surface area (TPSA) is 55.5 Å². The molecule has 0 radical (unpaired) electrons. The van der Waals surface area contributed by atoms with Crippen molar-refractivity contribution in [3.63, 3.8) is 0 Å². The smallest absolute Gasteiger partial charge is 0.122 e. The molecule has 0 saturated heterocycles. The molecule has 1 fully saturated rings. The molecule has 3 rings (SSSR count). The van der Waals surface area contributed by atoms with E-state index in [4.69, 9.17) is 10.5 Å². The molecule has 3 nitrogen and oxygen atoms in total. The summed E-state index contributed by atoms with van der Waals surface area (Å²) in [6, 6.07) is 8.10. The van der Waals surface area contributed by atoms with Gasteiger partial charge in [0, 0.05) is 12.0 Å². The Hall–Kier alpha value is -1.06. The highest BCUT2D eigenvalue weighted by atomic mass is 16.5. The van der Waals surface area contributed by atoms with Gasteiger partial charge in [0.15, 0.2) is 0 Å². The quantitative estimate of drug-likeness (QED) is 0.872. The lowest BCUT2D eigenvalue weighted by Gasteiger charge is -2.47. The first-order valence-corrected chi connectivity index (χ1v) is 7.53. The van der Waals surface area contributed by atoms with Crippen LogP contribution >= 0.6 is 0 Å². The van der Waals surface area contributed by atoms with Crippen molar-refractivity contribution in [1.29, 1.82) is 0 Å². The first kappa shape index (κ1) is 13.9. The lowest BCUT2D eigenvalue weighted by molar-refractivity contribution is -0.107. The highest BCUT2D eigenvalue weighted by molar-refractivity contribution is 5.37. The second-order valence-corrected chi connectivity index (χ2v) is 7.43. The number of nitrogens with two attached hydrogens (primary N) is 1. The van der Waals surface area contributed by atoms with Gasteiger partial charge in [-0.15, -0.1) is 0 Å². The minimum Gasteiger partial charge on any atom is -0.493 e. The lowest BCUT2D eigenvalue weighted by atomic mass is 9.65. The van der Waals surface area contributed by atoms with E-state index < -0.39 is 5.60 Å². The minimum atomic E-state index is -0.710. The lowest BCUT2D eigenvalue weighted by Crippen LogP contribution is -2.57. The van der Waals surface area contributed by atoms with Gasteiger partial charge in [0.1, 0.15) is 5.75 Å². The number of ether oxygens (including phenoxy) is 1. The van der Waals surface area contributed by atoms with Crippen LogP contribution < -0.4 is 10.5 Å². The van der Waals surface area contributed by atoms with Gasteiger partial charge in [-0.1, -0.05) is 32.0 Å². The van der Waals surface area contributed by atoms with Crippen molar-refractivity contribution in [3.8, 4) is 5.75 Å². The van der Waals surface area contributed by atoms with Crippen molar-refractivity contribution in [3.05, 3.63) is 29.8 Å². The van der Waals surface area contributed by atoms with Gasteiger partial charge in [-0.25, -0.2) is 0 Å². The van der Waals surface area contributed by atoms with Crippen LogP contribution in [0.4, 0.5) is 0 Å². The summed E-state index contributed by atoms with van der Waals surface area (Å²) in [5, 5.41) is 11.3. The van der Waals surface area contributed by atoms with Gasteiger partial charge in [-0.05, 0) is 42.7 Å². The Balaban J connectivity index is 1.94. The van der Waals surface area contributed by atoms with Gasteiger partial charge < -0.3 is 15.6 Å². The van der Waals surface area contributed by atoms with E-state index in [9.17, 15) is 5.11 Å². The fourth-order valence-corrected chi connectivity index (χ4v) is 4.01. The minimum absolute atomic E-state index is 0.188. The zero-order valence-corrected chi connectivity index (χ0v) is 12.5. The molecule has 110 valence electrons. The van der Waals surface area contributed by atoms with Crippen LogP contribution in [-0.4, -0.2) is 23.9 Å². The molecule has 1 heterocycles. The van der Waals surface area contributed by atoms with Crippen LogP contribution in [0, 0.1) is 10.8 Å². The van der Waals surface area contributed by atoms with Crippen LogP contribution in [0.1, 0.15) is 38.7 Å².